The molecule has 1 aliphatic rings. The number of pyridine rings is 1. The maximum Gasteiger partial charge on any atom is 0.114 e. The molecule has 1 atom stereocenters. The fourth-order valence-corrected chi connectivity index (χ4v) is 2.79. The molecule has 3 nitrogen and oxygen atoms in total. The number of aromatic nitrogens is 1. The first-order valence-corrected chi connectivity index (χ1v) is 7.80. The van der Waals surface area contributed by atoms with Crippen molar-refractivity contribution in [1.82, 2.24) is 10.3 Å². The fourth-order valence-electron chi connectivity index (χ4n) is 2.79. The Bertz CT molecular complexity index is 631. The SMILES string of the molecule is CCCNC(C1=CCCCO1)c1cccc2cccnc12. The number of para-hydroxylation sites is 1. The monoisotopic (exact) mass is 282 g/mol. The molecule has 3 rings (SSSR count). The molecule has 0 aliphatic carbocycles. The summed E-state index contributed by atoms with van der Waals surface area (Å²) >= 11 is 0. The first kappa shape index (κ1) is 14.1. The van der Waals surface area contributed by atoms with E-state index in [4.69, 9.17) is 4.74 Å². The molecular formula is C18H22N2O. The maximum absolute atomic E-state index is 5.91. The van der Waals surface area contributed by atoms with E-state index in [1.165, 1.54) is 10.9 Å². The molecule has 21 heavy (non-hydrogen) atoms. The first-order chi connectivity index (χ1) is 10.4. The van der Waals surface area contributed by atoms with E-state index in [0.717, 1.165) is 43.7 Å². The van der Waals surface area contributed by atoms with Gasteiger partial charge in [-0.2, -0.15) is 0 Å². The van der Waals surface area contributed by atoms with Crippen LogP contribution >= 0.6 is 0 Å². The second-order valence-electron chi connectivity index (χ2n) is 5.41. The molecular weight excluding hydrogens is 260 g/mol. The van der Waals surface area contributed by atoms with Crippen LogP contribution in [0.4, 0.5) is 0 Å². The van der Waals surface area contributed by atoms with Crippen LogP contribution in [0.15, 0.2) is 48.4 Å². The molecule has 0 spiro atoms. The molecule has 0 saturated heterocycles. The van der Waals surface area contributed by atoms with E-state index in [9.17, 15) is 0 Å². The van der Waals surface area contributed by atoms with Crippen molar-refractivity contribution in [2.45, 2.75) is 32.2 Å². The minimum atomic E-state index is 0.101. The molecule has 0 bridgehead atoms. The molecule has 2 aromatic rings. The number of ether oxygens (including phenoxy) is 1. The third-order valence-electron chi connectivity index (χ3n) is 3.82. The van der Waals surface area contributed by atoms with Crippen LogP contribution in [-0.4, -0.2) is 18.1 Å². The number of rotatable bonds is 5. The molecule has 0 fully saturated rings. The first-order valence-electron chi connectivity index (χ1n) is 7.80. The Morgan fingerprint density at radius 2 is 2.19 bits per heavy atom. The largest absolute Gasteiger partial charge is 0.496 e. The Balaban J connectivity index is 2.03. The molecule has 1 N–H and O–H groups in total. The summed E-state index contributed by atoms with van der Waals surface area (Å²) in [7, 11) is 0. The van der Waals surface area contributed by atoms with Crippen LogP contribution in [0.1, 0.15) is 37.8 Å². The van der Waals surface area contributed by atoms with Gasteiger partial charge in [0.1, 0.15) is 5.76 Å². The molecule has 1 aromatic heterocycles. The van der Waals surface area contributed by atoms with Gasteiger partial charge in [0.05, 0.1) is 18.2 Å². The summed E-state index contributed by atoms with van der Waals surface area (Å²) in [6, 6.07) is 10.6. The molecule has 1 aliphatic heterocycles. The van der Waals surface area contributed by atoms with Gasteiger partial charge in [-0.1, -0.05) is 31.2 Å². The molecule has 0 radical (unpaired) electrons. The van der Waals surface area contributed by atoms with Crippen molar-refractivity contribution < 1.29 is 4.74 Å². The average Bonchev–Trinajstić information content (AvgIpc) is 2.56. The highest BCUT2D eigenvalue weighted by Crippen LogP contribution is 2.30. The summed E-state index contributed by atoms with van der Waals surface area (Å²) in [5.41, 5.74) is 2.26. The lowest BCUT2D eigenvalue weighted by atomic mass is 9.99. The highest BCUT2D eigenvalue weighted by atomic mass is 16.5. The van der Waals surface area contributed by atoms with E-state index in [-0.39, 0.29) is 6.04 Å². The van der Waals surface area contributed by atoms with Crippen molar-refractivity contribution in [1.29, 1.82) is 0 Å². The highest BCUT2D eigenvalue weighted by Gasteiger charge is 2.21. The predicted octanol–water partition coefficient (Wildman–Crippen LogP) is 3.97. The maximum atomic E-state index is 5.91. The van der Waals surface area contributed by atoms with Gasteiger partial charge in [-0.3, -0.25) is 4.98 Å². The molecule has 110 valence electrons. The summed E-state index contributed by atoms with van der Waals surface area (Å²) in [6.07, 6.45) is 7.38. The van der Waals surface area contributed by atoms with E-state index in [2.05, 4.69) is 47.6 Å². The second kappa shape index (κ2) is 6.72. The summed E-state index contributed by atoms with van der Waals surface area (Å²) < 4.78 is 5.91. The van der Waals surface area contributed by atoms with Crippen LogP contribution in [0.5, 0.6) is 0 Å². The lowest BCUT2D eigenvalue weighted by Crippen LogP contribution is -2.26. The van der Waals surface area contributed by atoms with Crippen molar-refractivity contribution in [3.63, 3.8) is 0 Å². The van der Waals surface area contributed by atoms with Crippen molar-refractivity contribution >= 4 is 10.9 Å². The smallest absolute Gasteiger partial charge is 0.114 e. The van der Waals surface area contributed by atoms with Crippen LogP contribution in [0.2, 0.25) is 0 Å². The molecule has 0 amide bonds. The Labute approximate surface area is 126 Å². The number of fused-ring (bicyclic) bond motifs is 1. The zero-order chi connectivity index (χ0) is 14.5. The van der Waals surface area contributed by atoms with E-state index in [0.29, 0.717) is 0 Å². The van der Waals surface area contributed by atoms with Crippen molar-refractivity contribution in [2.75, 3.05) is 13.2 Å². The third kappa shape index (κ3) is 3.08. The van der Waals surface area contributed by atoms with E-state index in [1.807, 2.05) is 12.3 Å². The quantitative estimate of drug-likeness (QED) is 0.901. The average molecular weight is 282 g/mol. The van der Waals surface area contributed by atoms with Crippen LogP contribution in [0, 0.1) is 0 Å². The lowest BCUT2D eigenvalue weighted by molar-refractivity contribution is 0.168. The van der Waals surface area contributed by atoms with Gasteiger partial charge in [0, 0.05) is 17.1 Å². The minimum absolute atomic E-state index is 0.101. The summed E-state index contributed by atoms with van der Waals surface area (Å²) in [6.45, 7) is 3.96. The van der Waals surface area contributed by atoms with Gasteiger partial charge in [-0.05, 0) is 37.9 Å². The zero-order valence-corrected chi connectivity index (χ0v) is 12.5. The molecule has 1 aromatic carbocycles. The summed E-state index contributed by atoms with van der Waals surface area (Å²) in [4.78, 5) is 4.58. The molecule has 1 unspecified atom stereocenters. The number of nitrogens with zero attached hydrogens (tertiary/aromatic N) is 1. The number of hydrogen-bond donors (Lipinski definition) is 1. The fraction of sp³-hybridized carbons (Fsp3) is 0.389. The van der Waals surface area contributed by atoms with E-state index < -0.39 is 0 Å². The number of nitrogens with one attached hydrogen (secondary N) is 1. The lowest BCUT2D eigenvalue weighted by Gasteiger charge is -2.25. The molecule has 2 heterocycles. The standard InChI is InChI=1S/C18H22N2O/c1-2-11-19-18(16-10-3-4-13-21-16)15-9-5-7-14-8-6-12-20-17(14)15/h5-10,12,18-19H,2-4,11,13H2,1H3. The number of hydrogen-bond acceptors (Lipinski definition) is 3. The Morgan fingerprint density at radius 3 is 3.00 bits per heavy atom. The second-order valence-corrected chi connectivity index (χ2v) is 5.41. The van der Waals surface area contributed by atoms with Gasteiger partial charge in [0.15, 0.2) is 0 Å². The topological polar surface area (TPSA) is 34.1 Å². The highest BCUT2D eigenvalue weighted by molar-refractivity contribution is 5.82. The van der Waals surface area contributed by atoms with Crippen molar-refractivity contribution in [3.8, 4) is 0 Å². The van der Waals surface area contributed by atoms with Gasteiger partial charge in [-0.25, -0.2) is 0 Å². The Hall–Kier alpha value is -1.87. The van der Waals surface area contributed by atoms with Gasteiger partial charge < -0.3 is 10.1 Å². The minimum Gasteiger partial charge on any atom is -0.496 e. The van der Waals surface area contributed by atoms with Gasteiger partial charge in [0.25, 0.3) is 0 Å². The van der Waals surface area contributed by atoms with Gasteiger partial charge in [-0.15, -0.1) is 0 Å². The number of benzene rings is 1. The van der Waals surface area contributed by atoms with Crippen molar-refractivity contribution in [2.24, 2.45) is 0 Å². The Kier molecular flexibility index (Phi) is 4.51. The molecule has 0 saturated carbocycles. The van der Waals surface area contributed by atoms with Crippen molar-refractivity contribution in [3.05, 3.63) is 53.9 Å². The third-order valence-corrected chi connectivity index (χ3v) is 3.82. The van der Waals surface area contributed by atoms with E-state index >= 15 is 0 Å². The Morgan fingerprint density at radius 1 is 1.29 bits per heavy atom. The normalized spacial score (nSPS) is 16.3. The summed E-state index contributed by atoms with van der Waals surface area (Å²) in [5.74, 6) is 1.05. The summed E-state index contributed by atoms with van der Waals surface area (Å²) in [5, 5.41) is 4.79. The van der Waals surface area contributed by atoms with Gasteiger partial charge >= 0.3 is 0 Å². The van der Waals surface area contributed by atoms with Crippen LogP contribution in [-0.2, 0) is 4.74 Å². The zero-order valence-electron chi connectivity index (χ0n) is 12.5. The van der Waals surface area contributed by atoms with Crippen LogP contribution < -0.4 is 5.32 Å². The predicted molar refractivity (Wildman–Crippen MR) is 86.0 cm³/mol. The number of allylic oxidation sites excluding steroid dienone is 1. The van der Waals surface area contributed by atoms with Crippen LogP contribution in [0.3, 0.4) is 0 Å². The van der Waals surface area contributed by atoms with E-state index in [1.54, 1.807) is 0 Å². The van der Waals surface area contributed by atoms with Crippen LogP contribution in [0.25, 0.3) is 10.9 Å². The van der Waals surface area contributed by atoms with Gasteiger partial charge in [0.2, 0.25) is 0 Å². The molecule has 3 heteroatoms.